The van der Waals surface area contributed by atoms with E-state index in [1.54, 1.807) is 15.6 Å². The fourth-order valence-electron chi connectivity index (χ4n) is 2.47. The Morgan fingerprint density at radius 1 is 1.08 bits per heavy atom. The highest BCUT2D eigenvalue weighted by molar-refractivity contribution is 5.79. The molecule has 1 aromatic carbocycles. The van der Waals surface area contributed by atoms with Gasteiger partial charge in [0.2, 0.25) is 0 Å². The summed E-state index contributed by atoms with van der Waals surface area (Å²) in [6.07, 6.45) is 1.92. The van der Waals surface area contributed by atoms with Gasteiger partial charge in [0.15, 0.2) is 5.82 Å². The summed E-state index contributed by atoms with van der Waals surface area (Å²) < 4.78 is 9.07. The second kappa shape index (κ2) is 6.88. The first-order valence-corrected chi connectivity index (χ1v) is 8.21. The van der Waals surface area contributed by atoms with Gasteiger partial charge in [-0.2, -0.15) is 14.9 Å². The summed E-state index contributed by atoms with van der Waals surface area (Å²) in [5, 5.41) is 17.3. The predicted octanol–water partition coefficient (Wildman–Crippen LogP) is 3.06. The summed E-state index contributed by atoms with van der Waals surface area (Å²) in [5.74, 6) is 2.11. The molecule has 0 saturated carbocycles. The first kappa shape index (κ1) is 16.9. The van der Waals surface area contributed by atoms with Crippen LogP contribution in [0.1, 0.15) is 36.6 Å². The van der Waals surface area contributed by atoms with Crippen LogP contribution in [0.2, 0.25) is 0 Å². The maximum Gasteiger partial charge on any atom is 0.273 e. The average Bonchev–Trinajstić information content (AvgIpc) is 3.08. The molecular formula is C18H22N6O. The Morgan fingerprint density at radius 2 is 1.80 bits per heavy atom. The van der Waals surface area contributed by atoms with Crippen molar-refractivity contribution in [2.24, 2.45) is 5.10 Å². The van der Waals surface area contributed by atoms with Crippen molar-refractivity contribution in [1.82, 2.24) is 24.7 Å². The number of hydrogen-bond donors (Lipinski definition) is 0. The van der Waals surface area contributed by atoms with E-state index in [2.05, 4.69) is 20.4 Å². The van der Waals surface area contributed by atoms with E-state index in [9.17, 15) is 0 Å². The highest BCUT2D eigenvalue weighted by Gasteiger charge is 2.13. The van der Waals surface area contributed by atoms with Crippen LogP contribution in [0.15, 0.2) is 35.4 Å². The van der Waals surface area contributed by atoms with E-state index in [1.165, 1.54) is 0 Å². The topological polar surface area (TPSA) is 70.1 Å². The van der Waals surface area contributed by atoms with Crippen molar-refractivity contribution in [3.05, 3.63) is 53.1 Å². The zero-order chi connectivity index (χ0) is 18.0. The molecule has 0 bridgehead atoms. The molecule has 7 nitrogen and oxygen atoms in total. The Balaban J connectivity index is 1.87. The number of nitrogens with zero attached hydrogens (tertiary/aromatic N) is 6. The largest absolute Gasteiger partial charge is 0.491 e. The third kappa shape index (κ3) is 3.76. The average molecular weight is 338 g/mol. The van der Waals surface area contributed by atoms with E-state index >= 15 is 0 Å². The van der Waals surface area contributed by atoms with Gasteiger partial charge in [0.1, 0.15) is 5.75 Å². The molecule has 7 heteroatoms. The smallest absolute Gasteiger partial charge is 0.273 e. The van der Waals surface area contributed by atoms with Crippen LogP contribution < -0.4 is 4.74 Å². The Kier molecular flexibility index (Phi) is 4.65. The highest BCUT2D eigenvalue weighted by Crippen LogP contribution is 2.14. The number of aryl methyl sites for hydroxylation is 3. The van der Waals surface area contributed by atoms with E-state index in [0.29, 0.717) is 11.8 Å². The first-order valence-electron chi connectivity index (χ1n) is 8.21. The lowest BCUT2D eigenvalue weighted by atomic mass is 10.2. The van der Waals surface area contributed by atoms with E-state index in [1.807, 2.05) is 65.0 Å². The SMILES string of the molecule is Cc1cc(C)n(-c2nnc(C)n2/N=C\c2ccc(OC(C)C)cc2)n1. The molecule has 130 valence electrons. The third-order valence-electron chi connectivity index (χ3n) is 3.55. The lowest BCUT2D eigenvalue weighted by molar-refractivity contribution is 0.242. The molecule has 0 saturated heterocycles. The summed E-state index contributed by atoms with van der Waals surface area (Å²) in [4.78, 5) is 0. The van der Waals surface area contributed by atoms with Crippen LogP contribution in [0.5, 0.6) is 5.75 Å². The quantitative estimate of drug-likeness (QED) is 0.670. The van der Waals surface area contributed by atoms with Crippen LogP contribution in [0, 0.1) is 20.8 Å². The van der Waals surface area contributed by atoms with Crippen LogP contribution in [-0.4, -0.2) is 37.0 Å². The molecule has 0 radical (unpaired) electrons. The monoisotopic (exact) mass is 338 g/mol. The van der Waals surface area contributed by atoms with Crippen molar-refractivity contribution < 1.29 is 4.74 Å². The molecule has 0 fully saturated rings. The highest BCUT2D eigenvalue weighted by atomic mass is 16.5. The Bertz CT molecular complexity index is 889. The molecule has 0 spiro atoms. The Hall–Kier alpha value is -2.96. The van der Waals surface area contributed by atoms with Gasteiger partial charge in [-0.3, -0.25) is 0 Å². The maximum atomic E-state index is 5.65. The minimum Gasteiger partial charge on any atom is -0.491 e. The molecule has 25 heavy (non-hydrogen) atoms. The van der Waals surface area contributed by atoms with Gasteiger partial charge in [-0.05, 0) is 70.5 Å². The van der Waals surface area contributed by atoms with Crippen molar-refractivity contribution in [3.63, 3.8) is 0 Å². The molecule has 0 aliphatic carbocycles. The Morgan fingerprint density at radius 3 is 2.40 bits per heavy atom. The zero-order valence-electron chi connectivity index (χ0n) is 15.1. The van der Waals surface area contributed by atoms with E-state index < -0.39 is 0 Å². The predicted molar refractivity (Wildman–Crippen MR) is 96.6 cm³/mol. The van der Waals surface area contributed by atoms with Crippen LogP contribution in [0.4, 0.5) is 0 Å². The molecule has 0 atom stereocenters. The second-order valence-electron chi connectivity index (χ2n) is 6.18. The van der Waals surface area contributed by atoms with Crippen LogP contribution >= 0.6 is 0 Å². The summed E-state index contributed by atoms with van der Waals surface area (Å²) in [6, 6.07) is 9.78. The van der Waals surface area contributed by atoms with Crippen molar-refractivity contribution in [3.8, 4) is 11.7 Å². The van der Waals surface area contributed by atoms with Crippen molar-refractivity contribution in [1.29, 1.82) is 0 Å². The normalized spacial score (nSPS) is 11.6. The van der Waals surface area contributed by atoms with E-state index in [0.717, 1.165) is 22.7 Å². The molecule has 2 heterocycles. The molecule has 2 aromatic heterocycles. The van der Waals surface area contributed by atoms with Crippen LogP contribution in [-0.2, 0) is 0 Å². The molecule has 0 aliphatic heterocycles. The third-order valence-corrected chi connectivity index (χ3v) is 3.55. The maximum absolute atomic E-state index is 5.65. The number of benzene rings is 1. The second-order valence-corrected chi connectivity index (χ2v) is 6.18. The molecule has 0 aliphatic rings. The lowest BCUT2D eigenvalue weighted by Gasteiger charge is -2.09. The summed E-state index contributed by atoms with van der Waals surface area (Å²) >= 11 is 0. The molecule has 3 aromatic rings. The van der Waals surface area contributed by atoms with Gasteiger partial charge in [0, 0.05) is 5.69 Å². The summed E-state index contributed by atoms with van der Waals surface area (Å²) in [5.41, 5.74) is 2.87. The molecule has 0 unspecified atom stereocenters. The van der Waals surface area contributed by atoms with Gasteiger partial charge in [-0.1, -0.05) is 0 Å². The van der Waals surface area contributed by atoms with Crippen LogP contribution in [0.25, 0.3) is 5.95 Å². The standard InChI is InChI=1S/C18H22N6O/c1-12(2)25-17-8-6-16(7-9-17)11-19-24-15(5)20-21-18(24)23-14(4)10-13(3)22-23/h6-12H,1-5H3/b19-11-. The first-order chi connectivity index (χ1) is 11.9. The summed E-state index contributed by atoms with van der Waals surface area (Å²) in [7, 11) is 0. The number of ether oxygens (including phenoxy) is 1. The summed E-state index contributed by atoms with van der Waals surface area (Å²) in [6.45, 7) is 9.79. The van der Waals surface area contributed by atoms with Crippen molar-refractivity contribution in [2.45, 2.75) is 40.7 Å². The van der Waals surface area contributed by atoms with E-state index in [-0.39, 0.29) is 6.10 Å². The number of hydrogen-bond acceptors (Lipinski definition) is 5. The molecule has 0 N–H and O–H groups in total. The van der Waals surface area contributed by atoms with Gasteiger partial charge in [-0.15, -0.1) is 10.2 Å². The van der Waals surface area contributed by atoms with E-state index in [4.69, 9.17) is 4.74 Å². The zero-order valence-corrected chi connectivity index (χ0v) is 15.1. The molecule has 0 amide bonds. The Labute approximate surface area is 147 Å². The van der Waals surface area contributed by atoms with Gasteiger partial charge in [0.05, 0.1) is 18.0 Å². The van der Waals surface area contributed by atoms with Gasteiger partial charge in [0.25, 0.3) is 5.95 Å². The van der Waals surface area contributed by atoms with Gasteiger partial charge in [-0.25, -0.2) is 4.68 Å². The van der Waals surface area contributed by atoms with Crippen molar-refractivity contribution >= 4 is 6.21 Å². The van der Waals surface area contributed by atoms with Gasteiger partial charge >= 0.3 is 0 Å². The fraction of sp³-hybridized carbons (Fsp3) is 0.333. The van der Waals surface area contributed by atoms with Crippen LogP contribution in [0.3, 0.4) is 0 Å². The molecular weight excluding hydrogens is 316 g/mol. The van der Waals surface area contributed by atoms with Crippen molar-refractivity contribution in [2.75, 3.05) is 0 Å². The minimum atomic E-state index is 0.155. The number of aromatic nitrogens is 5. The number of rotatable bonds is 5. The fourth-order valence-corrected chi connectivity index (χ4v) is 2.47. The van der Waals surface area contributed by atoms with Gasteiger partial charge < -0.3 is 4.74 Å². The lowest BCUT2D eigenvalue weighted by Crippen LogP contribution is -2.08. The molecule has 3 rings (SSSR count). The minimum absolute atomic E-state index is 0.155.